The molecule has 2 heteroatoms. The second-order valence-electron chi connectivity index (χ2n) is 3.48. The Morgan fingerprint density at radius 3 is 2.17 bits per heavy atom. The summed E-state index contributed by atoms with van der Waals surface area (Å²) >= 11 is 0. The van der Waals surface area contributed by atoms with E-state index < -0.39 is 0 Å². The minimum absolute atomic E-state index is 0.227. The number of rotatable bonds is 4. The van der Waals surface area contributed by atoms with Gasteiger partial charge in [0.1, 0.15) is 0 Å². The van der Waals surface area contributed by atoms with Crippen LogP contribution in [-0.2, 0) is 0 Å². The topological polar surface area (TPSA) is 15.6 Å². The van der Waals surface area contributed by atoms with Gasteiger partial charge in [0.25, 0.3) is 0 Å². The average Bonchev–Trinajstić information content (AvgIpc) is 1.98. The van der Waals surface area contributed by atoms with Crippen molar-refractivity contribution in [3.63, 3.8) is 0 Å². The van der Waals surface area contributed by atoms with Crippen LogP contribution in [0.5, 0.6) is 0 Å². The average molecular weight is 168 g/mol. The lowest BCUT2D eigenvalue weighted by atomic mass is 10.0. The van der Waals surface area contributed by atoms with Crippen LogP contribution in [0.25, 0.3) is 0 Å². The molecule has 0 aromatic carbocycles. The van der Waals surface area contributed by atoms with Crippen molar-refractivity contribution in [1.29, 1.82) is 0 Å². The van der Waals surface area contributed by atoms with Gasteiger partial charge in [0, 0.05) is 19.8 Å². The number of likely N-dealkylation sites (N-methyl/N-ethyl adjacent to an activating group) is 1. The van der Waals surface area contributed by atoms with Crippen LogP contribution in [0, 0.1) is 5.92 Å². The zero-order valence-corrected chi connectivity index (χ0v) is 8.83. The lowest BCUT2D eigenvalue weighted by Crippen LogP contribution is -2.25. The Kier molecular flexibility index (Phi) is 4.64. The summed E-state index contributed by atoms with van der Waals surface area (Å²) < 4.78 is 0. The summed E-state index contributed by atoms with van der Waals surface area (Å²) in [6, 6.07) is 0.227. The molecule has 0 aromatic heterocycles. The molecule has 70 valence electrons. The molecule has 0 N–H and O–H groups in total. The van der Waals surface area contributed by atoms with Gasteiger partial charge < -0.3 is 4.90 Å². The van der Waals surface area contributed by atoms with Crippen LogP contribution in [-0.4, -0.2) is 31.3 Å². The highest BCUT2D eigenvalue weighted by molar-refractivity contribution is 5.54. The predicted octanol–water partition coefficient (Wildman–Crippen LogP) is 2.18. The Labute approximate surface area is 76.0 Å². The van der Waals surface area contributed by atoms with Crippen LogP contribution in [0.2, 0.25) is 0 Å². The monoisotopic (exact) mass is 168 g/mol. The van der Waals surface area contributed by atoms with E-state index in [0.29, 0.717) is 5.92 Å². The smallest absolute Gasteiger partial charge is 0.0908 e. The zero-order valence-electron chi connectivity index (χ0n) is 8.83. The molecule has 0 aliphatic carbocycles. The molecule has 0 bridgehead atoms. The standard InChI is InChI=1S/C10H20N2/c1-7-11-10(8(2)3)9(4)12(5)6/h7-8,10H,4H2,1-3,5-6H3. The highest BCUT2D eigenvalue weighted by atomic mass is 15.1. The van der Waals surface area contributed by atoms with E-state index in [1.807, 2.05) is 32.1 Å². The van der Waals surface area contributed by atoms with E-state index in [4.69, 9.17) is 0 Å². The maximum Gasteiger partial charge on any atom is 0.0908 e. The Balaban J connectivity index is 4.40. The summed E-state index contributed by atoms with van der Waals surface area (Å²) in [6.45, 7) is 10.3. The quantitative estimate of drug-likeness (QED) is 0.587. The molecule has 0 spiro atoms. The molecule has 0 aromatic rings. The Morgan fingerprint density at radius 1 is 1.42 bits per heavy atom. The predicted molar refractivity (Wildman–Crippen MR) is 55.6 cm³/mol. The molecule has 1 unspecified atom stereocenters. The summed E-state index contributed by atoms with van der Waals surface area (Å²) in [5, 5.41) is 0. The first-order valence-corrected chi connectivity index (χ1v) is 4.34. The molecule has 0 saturated carbocycles. The van der Waals surface area contributed by atoms with E-state index in [9.17, 15) is 0 Å². The van der Waals surface area contributed by atoms with Crippen LogP contribution in [0.4, 0.5) is 0 Å². The lowest BCUT2D eigenvalue weighted by molar-refractivity contribution is 0.415. The van der Waals surface area contributed by atoms with Crippen molar-refractivity contribution in [3.8, 4) is 0 Å². The Hall–Kier alpha value is -0.790. The largest absolute Gasteiger partial charge is 0.380 e. The fourth-order valence-electron chi connectivity index (χ4n) is 1.07. The van der Waals surface area contributed by atoms with E-state index >= 15 is 0 Å². The first-order chi connectivity index (χ1) is 5.50. The second kappa shape index (κ2) is 4.96. The van der Waals surface area contributed by atoms with Crippen LogP contribution < -0.4 is 0 Å². The number of hydrogen-bond acceptors (Lipinski definition) is 2. The number of nitrogens with zero attached hydrogens (tertiary/aromatic N) is 2. The minimum Gasteiger partial charge on any atom is -0.380 e. The second-order valence-corrected chi connectivity index (χ2v) is 3.48. The van der Waals surface area contributed by atoms with E-state index in [-0.39, 0.29) is 6.04 Å². The lowest BCUT2D eigenvalue weighted by Gasteiger charge is -2.24. The van der Waals surface area contributed by atoms with E-state index in [2.05, 4.69) is 25.4 Å². The van der Waals surface area contributed by atoms with Gasteiger partial charge in [-0.05, 0) is 19.1 Å². The fraction of sp³-hybridized carbons (Fsp3) is 0.700. The van der Waals surface area contributed by atoms with Gasteiger partial charge in [-0.2, -0.15) is 0 Å². The van der Waals surface area contributed by atoms with E-state index in [1.54, 1.807) is 0 Å². The first kappa shape index (κ1) is 11.2. The normalized spacial score (nSPS) is 13.8. The van der Waals surface area contributed by atoms with Gasteiger partial charge in [-0.3, -0.25) is 4.99 Å². The van der Waals surface area contributed by atoms with Crippen molar-refractivity contribution in [2.24, 2.45) is 10.9 Å². The molecule has 0 heterocycles. The van der Waals surface area contributed by atoms with E-state index in [1.165, 1.54) is 0 Å². The van der Waals surface area contributed by atoms with Gasteiger partial charge >= 0.3 is 0 Å². The van der Waals surface area contributed by atoms with Crippen molar-refractivity contribution in [2.45, 2.75) is 26.8 Å². The number of hydrogen-bond donors (Lipinski definition) is 0. The summed E-state index contributed by atoms with van der Waals surface area (Å²) in [7, 11) is 4.01. The van der Waals surface area contributed by atoms with Crippen LogP contribution in [0.15, 0.2) is 17.3 Å². The molecule has 0 rings (SSSR count). The molecule has 2 nitrogen and oxygen atoms in total. The number of aliphatic imine (C=N–C) groups is 1. The van der Waals surface area contributed by atoms with Crippen molar-refractivity contribution in [1.82, 2.24) is 4.90 Å². The van der Waals surface area contributed by atoms with Crippen LogP contribution >= 0.6 is 0 Å². The van der Waals surface area contributed by atoms with Crippen LogP contribution in [0.3, 0.4) is 0 Å². The van der Waals surface area contributed by atoms with Crippen molar-refractivity contribution in [2.75, 3.05) is 14.1 Å². The highest BCUT2D eigenvalue weighted by Crippen LogP contribution is 2.15. The molecule has 0 aliphatic rings. The summed E-state index contributed by atoms with van der Waals surface area (Å²) in [6.07, 6.45) is 1.85. The molecule has 0 radical (unpaired) electrons. The summed E-state index contributed by atoms with van der Waals surface area (Å²) in [5.41, 5.74) is 1.07. The van der Waals surface area contributed by atoms with Gasteiger partial charge in [-0.1, -0.05) is 20.4 Å². The third kappa shape index (κ3) is 3.07. The maximum atomic E-state index is 4.38. The highest BCUT2D eigenvalue weighted by Gasteiger charge is 2.15. The van der Waals surface area contributed by atoms with Gasteiger partial charge in [0.2, 0.25) is 0 Å². The van der Waals surface area contributed by atoms with E-state index in [0.717, 1.165) is 5.70 Å². The molecule has 0 aliphatic heterocycles. The Bertz CT molecular complexity index is 169. The van der Waals surface area contributed by atoms with Gasteiger partial charge in [-0.25, -0.2) is 0 Å². The fourth-order valence-corrected chi connectivity index (χ4v) is 1.07. The first-order valence-electron chi connectivity index (χ1n) is 4.34. The SMILES string of the molecule is C=C(C(N=CC)C(C)C)N(C)C. The zero-order chi connectivity index (χ0) is 9.72. The maximum absolute atomic E-state index is 4.38. The molecule has 0 fully saturated rings. The van der Waals surface area contributed by atoms with Gasteiger partial charge in [0.15, 0.2) is 0 Å². The Morgan fingerprint density at radius 2 is 1.92 bits per heavy atom. The van der Waals surface area contributed by atoms with Crippen molar-refractivity contribution >= 4 is 6.21 Å². The molecular formula is C10H20N2. The summed E-state index contributed by atoms with van der Waals surface area (Å²) in [4.78, 5) is 6.40. The van der Waals surface area contributed by atoms with Gasteiger partial charge in [0.05, 0.1) is 6.04 Å². The molecule has 1 atom stereocenters. The molecule has 0 saturated heterocycles. The molecule has 0 amide bonds. The molecular weight excluding hydrogens is 148 g/mol. The third-order valence-corrected chi connectivity index (χ3v) is 1.86. The van der Waals surface area contributed by atoms with Crippen LogP contribution in [0.1, 0.15) is 20.8 Å². The van der Waals surface area contributed by atoms with Crippen molar-refractivity contribution in [3.05, 3.63) is 12.3 Å². The van der Waals surface area contributed by atoms with Gasteiger partial charge in [-0.15, -0.1) is 0 Å². The minimum atomic E-state index is 0.227. The molecule has 12 heavy (non-hydrogen) atoms. The van der Waals surface area contributed by atoms with Crippen molar-refractivity contribution < 1.29 is 0 Å². The summed E-state index contributed by atoms with van der Waals surface area (Å²) in [5.74, 6) is 0.510. The third-order valence-electron chi connectivity index (χ3n) is 1.86.